The van der Waals surface area contributed by atoms with Crippen molar-refractivity contribution in [3.05, 3.63) is 58.1 Å². The molecule has 2 aromatic carbocycles. The molecule has 6 heteroatoms. The SMILES string of the molecule is COc1ccc(COc2cccc(C(N)=NO)c2)cc1Br. The van der Waals surface area contributed by atoms with E-state index in [0.29, 0.717) is 17.9 Å². The molecule has 0 unspecified atom stereocenters. The Labute approximate surface area is 131 Å². The van der Waals surface area contributed by atoms with E-state index in [2.05, 4.69) is 21.1 Å². The van der Waals surface area contributed by atoms with E-state index in [-0.39, 0.29) is 5.84 Å². The standard InChI is InChI=1S/C15H15BrN2O3/c1-20-14-6-5-10(7-13(14)16)9-21-12-4-2-3-11(8-12)15(17)18-19/h2-8,19H,9H2,1H3,(H2,17,18). The Hall–Kier alpha value is -2.21. The molecule has 5 nitrogen and oxygen atoms in total. The molecule has 0 fully saturated rings. The molecule has 2 rings (SSSR count). The zero-order valence-electron chi connectivity index (χ0n) is 11.4. The Morgan fingerprint density at radius 1 is 1.29 bits per heavy atom. The van der Waals surface area contributed by atoms with E-state index in [1.54, 1.807) is 25.3 Å². The number of hydrogen-bond acceptors (Lipinski definition) is 4. The van der Waals surface area contributed by atoms with E-state index < -0.39 is 0 Å². The van der Waals surface area contributed by atoms with Crippen molar-refractivity contribution in [2.45, 2.75) is 6.61 Å². The highest BCUT2D eigenvalue weighted by atomic mass is 79.9. The number of benzene rings is 2. The van der Waals surface area contributed by atoms with E-state index in [9.17, 15) is 0 Å². The second-order valence-electron chi connectivity index (χ2n) is 4.27. The number of methoxy groups -OCH3 is 1. The number of halogens is 1. The van der Waals surface area contributed by atoms with E-state index >= 15 is 0 Å². The fraction of sp³-hybridized carbons (Fsp3) is 0.133. The molecule has 0 aliphatic carbocycles. The predicted molar refractivity (Wildman–Crippen MR) is 84.0 cm³/mol. The van der Waals surface area contributed by atoms with E-state index in [0.717, 1.165) is 15.8 Å². The lowest BCUT2D eigenvalue weighted by Crippen LogP contribution is -2.12. The first-order valence-electron chi connectivity index (χ1n) is 6.17. The molecule has 0 aromatic heterocycles. The van der Waals surface area contributed by atoms with E-state index in [4.69, 9.17) is 20.4 Å². The minimum Gasteiger partial charge on any atom is -0.496 e. The molecule has 0 spiro atoms. The molecular weight excluding hydrogens is 336 g/mol. The van der Waals surface area contributed by atoms with Crippen molar-refractivity contribution in [2.24, 2.45) is 10.9 Å². The van der Waals surface area contributed by atoms with Crippen LogP contribution in [0.3, 0.4) is 0 Å². The monoisotopic (exact) mass is 350 g/mol. The summed E-state index contributed by atoms with van der Waals surface area (Å²) in [6, 6.07) is 12.8. The van der Waals surface area contributed by atoms with Gasteiger partial charge in [0, 0.05) is 5.56 Å². The van der Waals surface area contributed by atoms with Gasteiger partial charge in [0.15, 0.2) is 5.84 Å². The molecular formula is C15H15BrN2O3. The first-order valence-corrected chi connectivity index (χ1v) is 6.96. The lowest BCUT2D eigenvalue weighted by Gasteiger charge is -2.09. The van der Waals surface area contributed by atoms with E-state index in [1.165, 1.54) is 0 Å². The molecule has 0 heterocycles. The van der Waals surface area contributed by atoms with Crippen LogP contribution in [0.5, 0.6) is 11.5 Å². The van der Waals surface area contributed by atoms with Crippen LogP contribution in [0.4, 0.5) is 0 Å². The second kappa shape index (κ2) is 6.99. The van der Waals surface area contributed by atoms with Crippen molar-refractivity contribution in [1.82, 2.24) is 0 Å². The highest BCUT2D eigenvalue weighted by Crippen LogP contribution is 2.26. The van der Waals surface area contributed by atoms with Crippen molar-refractivity contribution < 1.29 is 14.7 Å². The average Bonchev–Trinajstić information content (AvgIpc) is 2.52. The van der Waals surface area contributed by atoms with Crippen LogP contribution in [0, 0.1) is 0 Å². The van der Waals surface area contributed by atoms with Gasteiger partial charge in [0.1, 0.15) is 18.1 Å². The Kier molecular flexibility index (Phi) is 5.05. The molecule has 0 atom stereocenters. The van der Waals surface area contributed by atoms with Crippen LogP contribution in [-0.4, -0.2) is 18.2 Å². The highest BCUT2D eigenvalue weighted by Gasteiger charge is 2.04. The Balaban J connectivity index is 2.08. The summed E-state index contributed by atoms with van der Waals surface area (Å²) in [4.78, 5) is 0. The van der Waals surface area contributed by atoms with Gasteiger partial charge in [-0.2, -0.15) is 0 Å². The minimum absolute atomic E-state index is 0.0487. The van der Waals surface area contributed by atoms with Crippen LogP contribution < -0.4 is 15.2 Å². The summed E-state index contributed by atoms with van der Waals surface area (Å²) in [7, 11) is 1.62. The van der Waals surface area contributed by atoms with Crippen LogP contribution >= 0.6 is 15.9 Å². The number of oxime groups is 1. The Bertz CT molecular complexity index is 659. The number of amidine groups is 1. The normalized spacial score (nSPS) is 11.2. The van der Waals surface area contributed by atoms with Gasteiger partial charge in [0.25, 0.3) is 0 Å². The molecule has 0 saturated heterocycles. The van der Waals surface area contributed by atoms with Gasteiger partial charge in [-0.05, 0) is 45.8 Å². The molecule has 0 aliphatic rings. The molecule has 3 N–H and O–H groups in total. The second-order valence-corrected chi connectivity index (χ2v) is 5.12. The molecule has 21 heavy (non-hydrogen) atoms. The van der Waals surface area contributed by atoms with E-state index in [1.807, 2.05) is 24.3 Å². The van der Waals surface area contributed by atoms with Crippen molar-refractivity contribution in [3.8, 4) is 11.5 Å². The molecule has 0 radical (unpaired) electrons. The van der Waals surface area contributed by atoms with Crippen LogP contribution in [0.2, 0.25) is 0 Å². The van der Waals surface area contributed by atoms with Gasteiger partial charge < -0.3 is 20.4 Å². The maximum Gasteiger partial charge on any atom is 0.170 e. The average molecular weight is 351 g/mol. The van der Waals surface area contributed by atoms with Gasteiger partial charge >= 0.3 is 0 Å². The smallest absolute Gasteiger partial charge is 0.170 e. The third-order valence-electron chi connectivity index (χ3n) is 2.86. The van der Waals surface area contributed by atoms with Crippen LogP contribution in [0.25, 0.3) is 0 Å². The third-order valence-corrected chi connectivity index (χ3v) is 3.48. The molecule has 0 amide bonds. The molecule has 2 aromatic rings. The van der Waals surface area contributed by atoms with Crippen LogP contribution in [0.1, 0.15) is 11.1 Å². The number of rotatable bonds is 5. The summed E-state index contributed by atoms with van der Waals surface area (Å²) >= 11 is 3.43. The predicted octanol–water partition coefficient (Wildman–Crippen LogP) is 3.13. The van der Waals surface area contributed by atoms with Crippen molar-refractivity contribution in [3.63, 3.8) is 0 Å². The first kappa shape index (κ1) is 15.2. The number of hydrogen-bond donors (Lipinski definition) is 2. The lowest BCUT2D eigenvalue weighted by atomic mass is 10.2. The first-order chi connectivity index (χ1) is 10.1. The van der Waals surface area contributed by atoms with Gasteiger partial charge in [0.05, 0.1) is 11.6 Å². The van der Waals surface area contributed by atoms with Crippen LogP contribution in [-0.2, 0) is 6.61 Å². The van der Waals surface area contributed by atoms with Crippen molar-refractivity contribution in [2.75, 3.05) is 7.11 Å². The van der Waals surface area contributed by atoms with Gasteiger partial charge in [-0.3, -0.25) is 0 Å². The summed E-state index contributed by atoms with van der Waals surface area (Å²) in [6.45, 7) is 0.405. The largest absolute Gasteiger partial charge is 0.496 e. The Morgan fingerprint density at radius 2 is 2.10 bits per heavy atom. The van der Waals surface area contributed by atoms with Crippen molar-refractivity contribution in [1.29, 1.82) is 0 Å². The maximum atomic E-state index is 8.67. The van der Waals surface area contributed by atoms with Gasteiger partial charge in [0.2, 0.25) is 0 Å². The van der Waals surface area contributed by atoms with Crippen LogP contribution in [0.15, 0.2) is 52.1 Å². The summed E-state index contributed by atoms with van der Waals surface area (Å²) in [5.74, 6) is 1.46. The number of nitrogens with zero attached hydrogens (tertiary/aromatic N) is 1. The minimum atomic E-state index is 0.0487. The summed E-state index contributed by atoms with van der Waals surface area (Å²) in [5.41, 5.74) is 7.15. The summed E-state index contributed by atoms with van der Waals surface area (Å²) < 4.78 is 11.8. The summed E-state index contributed by atoms with van der Waals surface area (Å²) in [6.07, 6.45) is 0. The maximum absolute atomic E-state index is 8.67. The number of ether oxygens (including phenoxy) is 2. The van der Waals surface area contributed by atoms with Crippen molar-refractivity contribution >= 4 is 21.8 Å². The molecule has 110 valence electrons. The van der Waals surface area contributed by atoms with Gasteiger partial charge in [-0.15, -0.1) is 0 Å². The van der Waals surface area contributed by atoms with Gasteiger partial charge in [-0.25, -0.2) is 0 Å². The topological polar surface area (TPSA) is 77.1 Å². The highest BCUT2D eigenvalue weighted by molar-refractivity contribution is 9.10. The summed E-state index contributed by atoms with van der Waals surface area (Å²) in [5, 5.41) is 11.6. The molecule has 0 aliphatic heterocycles. The lowest BCUT2D eigenvalue weighted by molar-refractivity contribution is 0.305. The molecule has 0 saturated carbocycles. The fourth-order valence-electron chi connectivity index (χ4n) is 1.77. The Morgan fingerprint density at radius 3 is 2.76 bits per heavy atom. The zero-order valence-corrected chi connectivity index (χ0v) is 13.0. The third kappa shape index (κ3) is 3.88. The fourth-order valence-corrected chi connectivity index (χ4v) is 2.36. The quantitative estimate of drug-likeness (QED) is 0.376. The van der Waals surface area contributed by atoms with Gasteiger partial charge in [-0.1, -0.05) is 23.4 Å². The zero-order chi connectivity index (χ0) is 15.2. The molecule has 0 bridgehead atoms. The number of nitrogens with two attached hydrogens (primary N) is 1.